The van der Waals surface area contributed by atoms with Crippen LogP contribution in [0.3, 0.4) is 0 Å². The standard InChI is InChI=1S/C8H7ClO2/c9-7-2-1-3-8(6-7)11-5-4-10/h1-4,6H,5H2. The van der Waals surface area contributed by atoms with E-state index in [1.54, 1.807) is 24.3 Å². The molecule has 0 spiro atoms. The second kappa shape index (κ2) is 3.98. The Kier molecular flexibility index (Phi) is 2.93. The summed E-state index contributed by atoms with van der Waals surface area (Å²) in [5, 5.41) is 0.605. The van der Waals surface area contributed by atoms with E-state index >= 15 is 0 Å². The third-order valence-corrected chi connectivity index (χ3v) is 1.35. The molecule has 2 nitrogen and oxygen atoms in total. The maximum atomic E-state index is 9.91. The molecule has 0 atom stereocenters. The zero-order chi connectivity index (χ0) is 8.10. The molecule has 0 bridgehead atoms. The Labute approximate surface area is 69.7 Å². The molecule has 0 heterocycles. The highest BCUT2D eigenvalue weighted by Gasteiger charge is 1.92. The van der Waals surface area contributed by atoms with Crippen molar-refractivity contribution < 1.29 is 9.53 Å². The molecule has 0 amide bonds. The van der Waals surface area contributed by atoms with Crippen molar-refractivity contribution in [2.75, 3.05) is 6.61 Å². The molecule has 1 aromatic carbocycles. The zero-order valence-electron chi connectivity index (χ0n) is 5.79. The first-order valence-electron chi connectivity index (χ1n) is 3.15. The molecule has 0 fully saturated rings. The summed E-state index contributed by atoms with van der Waals surface area (Å²) in [6, 6.07) is 6.91. The fourth-order valence-corrected chi connectivity index (χ4v) is 0.867. The molecule has 0 unspecified atom stereocenters. The van der Waals surface area contributed by atoms with Gasteiger partial charge in [-0.2, -0.15) is 0 Å². The molecule has 0 saturated carbocycles. The summed E-state index contributed by atoms with van der Waals surface area (Å²) < 4.78 is 4.98. The number of hydrogen-bond donors (Lipinski definition) is 0. The Balaban J connectivity index is 2.63. The van der Waals surface area contributed by atoms with Crippen LogP contribution in [0.1, 0.15) is 0 Å². The monoisotopic (exact) mass is 170 g/mol. The average Bonchev–Trinajstić information content (AvgIpc) is 2.01. The lowest BCUT2D eigenvalue weighted by atomic mass is 10.3. The Morgan fingerprint density at radius 1 is 1.55 bits per heavy atom. The second-order valence-corrected chi connectivity index (χ2v) is 2.37. The van der Waals surface area contributed by atoms with Crippen LogP contribution in [0.25, 0.3) is 0 Å². The Morgan fingerprint density at radius 2 is 2.36 bits per heavy atom. The Hall–Kier alpha value is -1.02. The topological polar surface area (TPSA) is 26.3 Å². The lowest BCUT2D eigenvalue weighted by Crippen LogP contribution is -1.96. The van der Waals surface area contributed by atoms with Gasteiger partial charge in [-0.3, -0.25) is 4.79 Å². The molecule has 1 rings (SSSR count). The summed E-state index contributed by atoms with van der Waals surface area (Å²) in [7, 11) is 0. The lowest BCUT2D eigenvalue weighted by Gasteiger charge is -2.00. The van der Waals surface area contributed by atoms with E-state index in [1.165, 1.54) is 0 Å². The predicted molar refractivity (Wildman–Crippen MR) is 43.0 cm³/mol. The van der Waals surface area contributed by atoms with Crippen LogP contribution in [0.2, 0.25) is 5.02 Å². The largest absolute Gasteiger partial charge is 0.486 e. The van der Waals surface area contributed by atoms with E-state index in [4.69, 9.17) is 16.3 Å². The van der Waals surface area contributed by atoms with Crippen molar-refractivity contribution in [3.05, 3.63) is 29.3 Å². The van der Waals surface area contributed by atoms with Crippen LogP contribution < -0.4 is 4.74 Å². The van der Waals surface area contributed by atoms with Crippen LogP contribution in [0.4, 0.5) is 0 Å². The van der Waals surface area contributed by atoms with Crippen LogP contribution in [0.15, 0.2) is 24.3 Å². The van der Waals surface area contributed by atoms with E-state index in [0.717, 1.165) is 0 Å². The molecule has 0 radical (unpaired) electrons. The molecule has 0 aromatic heterocycles. The van der Waals surface area contributed by atoms with E-state index in [-0.39, 0.29) is 6.61 Å². The van der Waals surface area contributed by atoms with Crippen LogP contribution in [0, 0.1) is 0 Å². The van der Waals surface area contributed by atoms with E-state index in [2.05, 4.69) is 0 Å². The highest BCUT2D eigenvalue weighted by atomic mass is 35.5. The molecule has 0 aliphatic carbocycles. The minimum atomic E-state index is 0.0698. The molecule has 11 heavy (non-hydrogen) atoms. The zero-order valence-corrected chi connectivity index (χ0v) is 6.54. The van der Waals surface area contributed by atoms with Crippen LogP contribution in [0.5, 0.6) is 5.75 Å². The second-order valence-electron chi connectivity index (χ2n) is 1.94. The number of benzene rings is 1. The van der Waals surface area contributed by atoms with Gasteiger partial charge >= 0.3 is 0 Å². The van der Waals surface area contributed by atoms with Crippen LogP contribution in [-0.4, -0.2) is 12.9 Å². The van der Waals surface area contributed by atoms with Gasteiger partial charge in [-0.05, 0) is 18.2 Å². The fraction of sp³-hybridized carbons (Fsp3) is 0.125. The molecule has 0 aliphatic rings. The van der Waals surface area contributed by atoms with Crippen LogP contribution >= 0.6 is 11.6 Å². The summed E-state index contributed by atoms with van der Waals surface area (Å²) in [5.74, 6) is 0.615. The van der Waals surface area contributed by atoms with Crippen molar-refractivity contribution in [3.8, 4) is 5.75 Å². The molecule has 0 N–H and O–H groups in total. The molecule has 0 aliphatic heterocycles. The Morgan fingerprint density at radius 3 is 3.00 bits per heavy atom. The maximum absolute atomic E-state index is 9.91. The molecule has 1 aromatic rings. The van der Waals surface area contributed by atoms with Gasteiger partial charge in [0.15, 0.2) is 6.29 Å². The van der Waals surface area contributed by atoms with Gasteiger partial charge < -0.3 is 4.74 Å². The van der Waals surface area contributed by atoms with E-state index in [1.807, 2.05) is 0 Å². The van der Waals surface area contributed by atoms with Gasteiger partial charge in [0.05, 0.1) is 0 Å². The number of carbonyl (C=O) groups is 1. The van der Waals surface area contributed by atoms with Gasteiger partial charge in [-0.1, -0.05) is 17.7 Å². The number of hydrogen-bond acceptors (Lipinski definition) is 2. The third-order valence-electron chi connectivity index (χ3n) is 1.11. The molecule has 3 heteroatoms. The van der Waals surface area contributed by atoms with Crippen molar-refractivity contribution in [2.45, 2.75) is 0 Å². The summed E-state index contributed by atoms with van der Waals surface area (Å²) in [6.45, 7) is 0.0698. The van der Waals surface area contributed by atoms with Crippen molar-refractivity contribution in [1.82, 2.24) is 0 Å². The smallest absolute Gasteiger partial charge is 0.157 e. The van der Waals surface area contributed by atoms with Crippen molar-refractivity contribution in [2.24, 2.45) is 0 Å². The first-order chi connectivity index (χ1) is 5.33. The Bertz CT molecular complexity index is 248. The molecule has 0 saturated heterocycles. The lowest BCUT2D eigenvalue weighted by molar-refractivity contribution is -0.109. The normalized spacial score (nSPS) is 9.18. The minimum absolute atomic E-state index is 0.0698. The van der Waals surface area contributed by atoms with Gasteiger partial charge in [0.1, 0.15) is 12.4 Å². The van der Waals surface area contributed by atoms with E-state index in [9.17, 15) is 4.79 Å². The predicted octanol–water partition coefficient (Wildman–Crippen LogP) is 1.92. The summed E-state index contributed by atoms with van der Waals surface area (Å²) >= 11 is 5.66. The SMILES string of the molecule is O=CCOc1cccc(Cl)c1. The van der Waals surface area contributed by atoms with Gasteiger partial charge in [0.25, 0.3) is 0 Å². The number of rotatable bonds is 3. The number of halogens is 1. The summed E-state index contributed by atoms with van der Waals surface area (Å²) in [5.41, 5.74) is 0. The molecular formula is C8H7ClO2. The maximum Gasteiger partial charge on any atom is 0.157 e. The molecular weight excluding hydrogens is 164 g/mol. The van der Waals surface area contributed by atoms with E-state index < -0.39 is 0 Å². The number of ether oxygens (including phenoxy) is 1. The van der Waals surface area contributed by atoms with Gasteiger partial charge in [-0.25, -0.2) is 0 Å². The molecule has 58 valence electrons. The first-order valence-corrected chi connectivity index (χ1v) is 3.53. The quantitative estimate of drug-likeness (QED) is 0.648. The summed E-state index contributed by atoms with van der Waals surface area (Å²) in [6.07, 6.45) is 0.695. The van der Waals surface area contributed by atoms with Crippen LogP contribution in [-0.2, 0) is 4.79 Å². The van der Waals surface area contributed by atoms with Gasteiger partial charge in [-0.15, -0.1) is 0 Å². The highest BCUT2D eigenvalue weighted by Crippen LogP contribution is 2.16. The average molecular weight is 171 g/mol. The fourth-order valence-electron chi connectivity index (χ4n) is 0.687. The van der Waals surface area contributed by atoms with Crippen molar-refractivity contribution in [1.29, 1.82) is 0 Å². The van der Waals surface area contributed by atoms with Crippen molar-refractivity contribution >= 4 is 17.9 Å². The number of carbonyl (C=O) groups excluding carboxylic acids is 1. The van der Waals surface area contributed by atoms with Gasteiger partial charge in [0, 0.05) is 5.02 Å². The van der Waals surface area contributed by atoms with Gasteiger partial charge in [0.2, 0.25) is 0 Å². The van der Waals surface area contributed by atoms with Crippen molar-refractivity contribution in [3.63, 3.8) is 0 Å². The first kappa shape index (κ1) is 8.08. The minimum Gasteiger partial charge on any atom is -0.486 e. The highest BCUT2D eigenvalue weighted by molar-refractivity contribution is 6.30. The number of aldehydes is 1. The third kappa shape index (κ3) is 2.60. The summed E-state index contributed by atoms with van der Waals surface area (Å²) in [4.78, 5) is 9.91. The van der Waals surface area contributed by atoms with E-state index in [0.29, 0.717) is 17.1 Å².